The number of ether oxygens (including phenoxy) is 1. The fourth-order valence-corrected chi connectivity index (χ4v) is 4.09. The third-order valence-corrected chi connectivity index (χ3v) is 5.84. The molecule has 0 aliphatic carbocycles. The van der Waals surface area contributed by atoms with Gasteiger partial charge in [0, 0.05) is 18.2 Å². The Bertz CT molecular complexity index is 961. The first-order valence-electron chi connectivity index (χ1n) is 10.9. The number of nitrogens with one attached hydrogen (secondary N) is 1. The van der Waals surface area contributed by atoms with Crippen molar-refractivity contribution < 1.29 is 14.1 Å². The van der Waals surface area contributed by atoms with Gasteiger partial charge in [-0.1, -0.05) is 60.5 Å². The number of rotatable bonds is 7. The number of hydrogen-bond acceptors (Lipinski definition) is 5. The van der Waals surface area contributed by atoms with E-state index in [0.717, 1.165) is 24.4 Å². The molecule has 1 saturated heterocycles. The molecule has 6 heteroatoms. The van der Waals surface area contributed by atoms with Gasteiger partial charge in [-0.05, 0) is 43.6 Å². The normalized spacial score (nSPS) is 15.8. The summed E-state index contributed by atoms with van der Waals surface area (Å²) in [5, 5.41) is 7.05. The highest BCUT2D eigenvalue weighted by molar-refractivity contribution is 5.93. The van der Waals surface area contributed by atoms with E-state index in [1.807, 2.05) is 42.5 Å². The molecule has 6 nitrogen and oxygen atoms in total. The standard InChI is InChI=1S/C25H29N3O3/c1-30-21-13-11-19(12-14-21)23(28-15-7-2-3-8-16-28)18-26-25(29)22-17-24(31-27-22)20-9-5-4-6-10-20/h4-6,9-14,17,23H,2-3,7-8,15-16,18H2,1H3,(H,26,29)/t23-/m1/s1. The van der Waals surface area contributed by atoms with Crippen molar-refractivity contribution in [2.45, 2.75) is 31.7 Å². The van der Waals surface area contributed by atoms with Crippen LogP contribution in [-0.4, -0.2) is 42.7 Å². The minimum atomic E-state index is -0.223. The lowest BCUT2D eigenvalue weighted by Gasteiger charge is -2.31. The van der Waals surface area contributed by atoms with Gasteiger partial charge in [-0.2, -0.15) is 0 Å². The van der Waals surface area contributed by atoms with Gasteiger partial charge in [-0.15, -0.1) is 0 Å². The first-order chi connectivity index (χ1) is 15.2. The van der Waals surface area contributed by atoms with E-state index < -0.39 is 0 Å². The average molecular weight is 420 g/mol. The van der Waals surface area contributed by atoms with Crippen molar-refractivity contribution in [2.24, 2.45) is 0 Å². The third kappa shape index (κ3) is 5.33. The average Bonchev–Trinajstić information content (AvgIpc) is 3.17. The Morgan fingerprint density at radius 3 is 2.45 bits per heavy atom. The quantitative estimate of drug-likeness (QED) is 0.601. The maximum atomic E-state index is 12.8. The summed E-state index contributed by atoms with van der Waals surface area (Å²) in [5.74, 6) is 1.20. The van der Waals surface area contributed by atoms with Crippen LogP contribution in [0.15, 0.2) is 65.2 Å². The summed E-state index contributed by atoms with van der Waals surface area (Å²) in [4.78, 5) is 15.3. The summed E-state index contributed by atoms with van der Waals surface area (Å²) in [6.45, 7) is 2.59. The van der Waals surface area contributed by atoms with Gasteiger partial charge in [0.05, 0.1) is 13.2 Å². The van der Waals surface area contributed by atoms with Gasteiger partial charge in [0.2, 0.25) is 0 Å². The number of carbonyl (C=O) groups excluding carboxylic acids is 1. The molecule has 1 N–H and O–H groups in total. The number of likely N-dealkylation sites (tertiary alicyclic amines) is 1. The van der Waals surface area contributed by atoms with Crippen LogP contribution in [0.2, 0.25) is 0 Å². The molecule has 0 saturated carbocycles. The summed E-state index contributed by atoms with van der Waals surface area (Å²) < 4.78 is 10.7. The smallest absolute Gasteiger partial charge is 0.273 e. The Labute approximate surface area is 183 Å². The molecule has 1 aliphatic heterocycles. The molecule has 162 valence electrons. The second kappa shape index (κ2) is 10.3. The van der Waals surface area contributed by atoms with Gasteiger partial charge in [0.15, 0.2) is 11.5 Å². The zero-order valence-electron chi connectivity index (χ0n) is 17.9. The van der Waals surface area contributed by atoms with Crippen LogP contribution in [0.4, 0.5) is 0 Å². The Balaban J connectivity index is 1.47. The predicted molar refractivity (Wildman–Crippen MR) is 120 cm³/mol. The van der Waals surface area contributed by atoms with Crippen LogP contribution in [-0.2, 0) is 0 Å². The topological polar surface area (TPSA) is 67.6 Å². The van der Waals surface area contributed by atoms with E-state index in [1.165, 1.54) is 31.2 Å². The molecule has 3 aromatic rings. The van der Waals surface area contributed by atoms with E-state index in [2.05, 4.69) is 27.5 Å². The number of carbonyl (C=O) groups is 1. The first-order valence-corrected chi connectivity index (χ1v) is 10.9. The minimum Gasteiger partial charge on any atom is -0.497 e. The predicted octanol–water partition coefficient (Wildman–Crippen LogP) is 4.70. The van der Waals surface area contributed by atoms with Crippen LogP contribution in [0.5, 0.6) is 5.75 Å². The summed E-state index contributed by atoms with van der Waals surface area (Å²) in [5.41, 5.74) is 2.37. The summed E-state index contributed by atoms with van der Waals surface area (Å²) in [6.07, 6.45) is 4.90. The number of hydrogen-bond donors (Lipinski definition) is 1. The fourth-order valence-electron chi connectivity index (χ4n) is 4.09. The largest absolute Gasteiger partial charge is 0.497 e. The van der Waals surface area contributed by atoms with Gasteiger partial charge in [-0.3, -0.25) is 9.69 Å². The maximum absolute atomic E-state index is 12.8. The second-order valence-corrected chi connectivity index (χ2v) is 7.89. The highest BCUT2D eigenvalue weighted by Gasteiger charge is 2.23. The maximum Gasteiger partial charge on any atom is 0.273 e. The number of aromatic nitrogens is 1. The number of benzene rings is 2. The number of amides is 1. The molecule has 1 fully saturated rings. The van der Waals surface area contributed by atoms with Crippen molar-refractivity contribution in [1.29, 1.82) is 0 Å². The van der Waals surface area contributed by atoms with Crippen molar-refractivity contribution in [3.63, 3.8) is 0 Å². The number of nitrogens with zero attached hydrogens (tertiary/aromatic N) is 2. The summed E-state index contributed by atoms with van der Waals surface area (Å²) >= 11 is 0. The summed E-state index contributed by atoms with van der Waals surface area (Å²) in [6, 6.07) is 19.6. The molecule has 1 amide bonds. The number of methoxy groups -OCH3 is 1. The van der Waals surface area contributed by atoms with Crippen LogP contribution < -0.4 is 10.1 Å². The molecule has 0 spiro atoms. The highest BCUT2D eigenvalue weighted by Crippen LogP contribution is 2.26. The summed E-state index contributed by atoms with van der Waals surface area (Å²) in [7, 11) is 1.67. The molecule has 1 aromatic heterocycles. The van der Waals surface area contributed by atoms with Crippen molar-refractivity contribution in [1.82, 2.24) is 15.4 Å². The second-order valence-electron chi connectivity index (χ2n) is 7.89. The Hall–Kier alpha value is -3.12. The SMILES string of the molecule is COc1ccc([C@@H](CNC(=O)c2cc(-c3ccccc3)on2)N2CCCCCC2)cc1. The Morgan fingerprint density at radius 2 is 1.77 bits per heavy atom. The molecule has 2 aromatic carbocycles. The van der Waals surface area contributed by atoms with E-state index in [9.17, 15) is 4.79 Å². The molecule has 4 rings (SSSR count). The monoisotopic (exact) mass is 419 g/mol. The van der Waals surface area contributed by atoms with Gasteiger partial charge in [0.1, 0.15) is 5.75 Å². The molecule has 0 unspecified atom stereocenters. The zero-order valence-corrected chi connectivity index (χ0v) is 17.9. The zero-order chi connectivity index (χ0) is 21.5. The van der Waals surface area contributed by atoms with Crippen LogP contribution in [0.3, 0.4) is 0 Å². The molecule has 0 radical (unpaired) electrons. The molecular formula is C25H29N3O3. The third-order valence-electron chi connectivity index (χ3n) is 5.84. The lowest BCUT2D eigenvalue weighted by Crippen LogP contribution is -2.38. The molecule has 31 heavy (non-hydrogen) atoms. The molecule has 2 heterocycles. The van der Waals surface area contributed by atoms with E-state index >= 15 is 0 Å². The van der Waals surface area contributed by atoms with E-state index in [0.29, 0.717) is 18.0 Å². The van der Waals surface area contributed by atoms with Crippen molar-refractivity contribution in [3.8, 4) is 17.1 Å². The molecule has 1 atom stereocenters. The Morgan fingerprint density at radius 1 is 1.06 bits per heavy atom. The van der Waals surface area contributed by atoms with Gasteiger partial charge in [-0.25, -0.2) is 0 Å². The lowest BCUT2D eigenvalue weighted by atomic mass is 10.0. The van der Waals surface area contributed by atoms with Crippen molar-refractivity contribution >= 4 is 5.91 Å². The van der Waals surface area contributed by atoms with Crippen molar-refractivity contribution in [3.05, 3.63) is 71.9 Å². The first kappa shape index (κ1) is 21.1. The fraction of sp³-hybridized carbons (Fsp3) is 0.360. The highest BCUT2D eigenvalue weighted by atomic mass is 16.5. The molecular weight excluding hydrogens is 390 g/mol. The van der Waals surface area contributed by atoms with Crippen LogP contribution in [0.1, 0.15) is 47.8 Å². The van der Waals surface area contributed by atoms with Gasteiger partial charge >= 0.3 is 0 Å². The van der Waals surface area contributed by atoms with E-state index in [1.54, 1.807) is 13.2 Å². The molecule has 0 bridgehead atoms. The Kier molecular flexibility index (Phi) is 6.99. The van der Waals surface area contributed by atoms with Gasteiger partial charge in [0.25, 0.3) is 5.91 Å². The molecule has 1 aliphatic rings. The van der Waals surface area contributed by atoms with Crippen LogP contribution >= 0.6 is 0 Å². The van der Waals surface area contributed by atoms with Crippen LogP contribution in [0.25, 0.3) is 11.3 Å². The van der Waals surface area contributed by atoms with Crippen molar-refractivity contribution in [2.75, 3.05) is 26.7 Å². The minimum absolute atomic E-state index is 0.105. The van der Waals surface area contributed by atoms with E-state index in [4.69, 9.17) is 9.26 Å². The van der Waals surface area contributed by atoms with E-state index in [-0.39, 0.29) is 11.9 Å². The lowest BCUT2D eigenvalue weighted by molar-refractivity contribution is 0.0924. The van der Waals surface area contributed by atoms with Gasteiger partial charge < -0.3 is 14.6 Å². The van der Waals surface area contributed by atoms with Crippen LogP contribution in [0, 0.1) is 0 Å².